The van der Waals surface area contributed by atoms with Gasteiger partial charge in [0.1, 0.15) is 0 Å². The molecule has 19 heavy (non-hydrogen) atoms. The van der Waals surface area contributed by atoms with Crippen LogP contribution < -0.4 is 0 Å². The number of thiophene rings is 1. The Balaban J connectivity index is 1.95. The second kappa shape index (κ2) is 7.20. The molecule has 0 atom stereocenters. The lowest BCUT2D eigenvalue weighted by Gasteiger charge is -2.13. The van der Waals surface area contributed by atoms with Crippen LogP contribution in [-0.4, -0.2) is 40.7 Å². The minimum atomic E-state index is -0.362. The van der Waals surface area contributed by atoms with Gasteiger partial charge >= 0.3 is 0 Å². The van der Waals surface area contributed by atoms with Crippen LogP contribution in [0, 0.1) is 0 Å². The normalized spacial score (nSPS) is 11.4. The molecule has 0 aliphatic carbocycles. The molecule has 0 saturated heterocycles. The van der Waals surface area contributed by atoms with Crippen molar-refractivity contribution in [1.29, 1.82) is 0 Å². The van der Waals surface area contributed by atoms with Crippen LogP contribution in [0.5, 0.6) is 0 Å². The number of rotatable bonds is 7. The van der Waals surface area contributed by atoms with E-state index in [2.05, 4.69) is 15.5 Å². The fourth-order valence-electron chi connectivity index (χ4n) is 1.37. The lowest BCUT2D eigenvalue weighted by atomic mass is 10.5. The van der Waals surface area contributed by atoms with Crippen molar-refractivity contribution in [3.63, 3.8) is 0 Å². The van der Waals surface area contributed by atoms with Crippen LogP contribution >= 0.6 is 34.7 Å². The molecule has 2 aromatic rings. The molecule has 0 aromatic carbocycles. The van der Waals surface area contributed by atoms with Gasteiger partial charge in [0, 0.05) is 24.8 Å². The third-order valence-corrected chi connectivity index (χ3v) is 4.74. The lowest BCUT2D eigenvalue weighted by molar-refractivity contribution is -0.113. The zero-order chi connectivity index (χ0) is 13.7. The maximum Gasteiger partial charge on any atom is 0.209 e. The Morgan fingerprint density at radius 1 is 1.42 bits per heavy atom. The molecule has 2 rings (SSSR count). The molecule has 0 saturated carbocycles. The predicted octanol–water partition coefficient (Wildman–Crippen LogP) is 2.30. The Hall–Kier alpha value is -0.670. The molecule has 2 aromatic heterocycles. The van der Waals surface area contributed by atoms with Gasteiger partial charge in [0.15, 0.2) is 6.29 Å². The SMILES string of the molecule is COC(Cn1nnnc1SCc1ccc(Cl)s1)OC. The summed E-state index contributed by atoms with van der Waals surface area (Å²) in [6.45, 7) is 0.452. The highest BCUT2D eigenvalue weighted by atomic mass is 35.5. The summed E-state index contributed by atoms with van der Waals surface area (Å²) in [7, 11) is 3.16. The van der Waals surface area contributed by atoms with E-state index in [4.69, 9.17) is 21.1 Å². The largest absolute Gasteiger partial charge is 0.354 e. The summed E-state index contributed by atoms with van der Waals surface area (Å²) in [6, 6.07) is 3.89. The monoisotopic (exact) mass is 320 g/mol. The molecule has 0 N–H and O–H groups in total. The number of methoxy groups -OCH3 is 2. The van der Waals surface area contributed by atoms with Crippen LogP contribution in [0.25, 0.3) is 0 Å². The topological polar surface area (TPSA) is 62.1 Å². The Morgan fingerprint density at radius 3 is 2.84 bits per heavy atom. The molecule has 6 nitrogen and oxygen atoms in total. The highest BCUT2D eigenvalue weighted by molar-refractivity contribution is 7.98. The first-order chi connectivity index (χ1) is 9.22. The summed E-state index contributed by atoms with van der Waals surface area (Å²) in [5, 5.41) is 12.3. The standard InChI is InChI=1S/C10H13ClN4O2S2/c1-16-9(17-2)5-15-10(12-13-14-15)18-6-7-3-4-8(11)19-7/h3-4,9H,5-6H2,1-2H3. The number of ether oxygens (including phenoxy) is 2. The maximum atomic E-state index is 5.89. The molecule has 0 aliphatic heterocycles. The number of nitrogens with zero attached hydrogens (tertiary/aromatic N) is 4. The Morgan fingerprint density at radius 2 is 2.21 bits per heavy atom. The highest BCUT2D eigenvalue weighted by Crippen LogP contribution is 2.27. The van der Waals surface area contributed by atoms with Crippen molar-refractivity contribution in [1.82, 2.24) is 20.2 Å². The second-order valence-electron chi connectivity index (χ2n) is 3.54. The molecule has 0 spiro atoms. The number of thioether (sulfide) groups is 1. The molecule has 0 fully saturated rings. The number of tetrazole rings is 1. The van der Waals surface area contributed by atoms with E-state index in [0.717, 1.165) is 15.2 Å². The minimum Gasteiger partial charge on any atom is -0.354 e. The smallest absolute Gasteiger partial charge is 0.209 e. The van der Waals surface area contributed by atoms with E-state index in [1.54, 1.807) is 42.0 Å². The van der Waals surface area contributed by atoms with Gasteiger partial charge in [-0.1, -0.05) is 23.4 Å². The van der Waals surface area contributed by atoms with Gasteiger partial charge in [0.25, 0.3) is 0 Å². The Bertz CT molecular complexity index is 515. The summed E-state index contributed by atoms with van der Waals surface area (Å²) in [4.78, 5) is 1.18. The lowest BCUT2D eigenvalue weighted by Crippen LogP contribution is -2.21. The van der Waals surface area contributed by atoms with Gasteiger partial charge in [-0.3, -0.25) is 0 Å². The van der Waals surface area contributed by atoms with Gasteiger partial charge in [-0.2, -0.15) is 0 Å². The van der Waals surface area contributed by atoms with E-state index >= 15 is 0 Å². The quantitative estimate of drug-likeness (QED) is 0.576. The molecular formula is C10H13ClN4O2S2. The van der Waals surface area contributed by atoms with Crippen molar-refractivity contribution in [2.75, 3.05) is 14.2 Å². The van der Waals surface area contributed by atoms with E-state index in [1.165, 1.54) is 4.88 Å². The first-order valence-electron chi connectivity index (χ1n) is 5.41. The highest BCUT2D eigenvalue weighted by Gasteiger charge is 2.13. The number of hydrogen-bond donors (Lipinski definition) is 0. The van der Waals surface area contributed by atoms with Crippen molar-refractivity contribution >= 4 is 34.7 Å². The molecule has 0 radical (unpaired) electrons. The van der Waals surface area contributed by atoms with E-state index in [-0.39, 0.29) is 6.29 Å². The van der Waals surface area contributed by atoms with Gasteiger partial charge in [0.2, 0.25) is 5.16 Å². The second-order valence-corrected chi connectivity index (χ2v) is 6.28. The van der Waals surface area contributed by atoms with E-state index < -0.39 is 0 Å². The predicted molar refractivity (Wildman–Crippen MR) is 74.5 cm³/mol. The number of aromatic nitrogens is 4. The van der Waals surface area contributed by atoms with Gasteiger partial charge in [-0.05, 0) is 22.6 Å². The van der Waals surface area contributed by atoms with Crippen LogP contribution in [0.3, 0.4) is 0 Å². The third-order valence-electron chi connectivity index (χ3n) is 2.32. The fourth-order valence-corrected chi connectivity index (χ4v) is 3.38. The van der Waals surface area contributed by atoms with Crippen molar-refractivity contribution in [3.8, 4) is 0 Å². The summed E-state index contributed by atoms with van der Waals surface area (Å²) < 4.78 is 12.7. The first kappa shape index (κ1) is 14.7. The molecule has 0 amide bonds. The first-order valence-corrected chi connectivity index (χ1v) is 7.59. The van der Waals surface area contributed by atoms with Crippen LogP contribution in [0.4, 0.5) is 0 Å². The van der Waals surface area contributed by atoms with Gasteiger partial charge < -0.3 is 9.47 Å². The fraction of sp³-hybridized carbons (Fsp3) is 0.500. The zero-order valence-electron chi connectivity index (χ0n) is 10.4. The Kier molecular flexibility index (Phi) is 5.59. The van der Waals surface area contributed by atoms with Crippen LogP contribution in [0.2, 0.25) is 4.34 Å². The van der Waals surface area contributed by atoms with Gasteiger partial charge in [-0.15, -0.1) is 16.4 Å². The Labute approximate surface area is 124 Å². The number of hydrogen-bond acceptors (Lipinski definition) is 7. The average Bonchev–Trinajstić information content (AvgIpc) is 3.02. The van der Waals surface area contributed by atoms with Crippen LogP contribution in [0.1, 0.15) is 4.88 Å². The maximum absolute atomic E-state index is 5.89. The molecule has 0 aliphatic rings. The van der Waals surface area contributed by atoms with Gasteiger partial charge in [-0.25, -0.2) is 4.68 Å². The molecule has 104 valence electrons. The summed E-state index contributed by atoms with van der Waals surface area (Å²) >= 11 is 9.00. The average molecular weight is 321 g/mol. The van der Waals surface area contributed by atoms with Crippen LogP contribution in [-0.2, 0) is 21.8 Å². The van der Waals surface area contributed by atoms with E-state index in [9.17, 15) is 0 Å². The van der Waals surface area contributed by atoms with Crippen molar-refractivity contribution in [2.45, 2.75) is 23.7 Å². The van der Waals surface area contributed by atoms with Crippen molar-refractivity contribution in [3.05, 3.63) is 21.3 Å². The summed E-state index contributed by atoms with van der Waals surface area (Å²) in [6.07, 6.45) is -0.362. The summed E-state index contributed by atoms with van der Waals surface area (Å²) in [5.41, 5.74) is 0. The molecule has 9 heteroatoms. The van der Waals surface area contributed by atoms with Crippen molar-refractivity contribution in [2.24, 2.45) is 0 Å². The minimum absolute atomic E-state index is 0.362. The third kappa shape index (κ3) is 4.15. The van der Waals surface area contributed by atoms with Crippen molar-refractivity contribution < 1.29 is 9.47 Å². The zero-order valence-corrected chi connectivity index (χ0v) is 12.8. The summed E-state index contributed by atoms with van der Waals surface area (Å²) in [5.74, 6) is 0.780. The molecule has 2 heterocycles. The van der Waals surface area contributed by atoms with Gasteiger partial charge in [0.05, 0.1) is 10.9 Å². The molecular weight excluding hydrogens is 308 g/mol. The van der Waals surface area contributed by atoms with Crippen LogP contribution in [0.15, 0.2) is 17.3 Å². The van der Waals surface area contributed by atoms with E-state index in [1.807, 2.05) is 12.1 Å². The molecule has 0 unspecified atom stereocenters. The van der Waals surface area contributed by atoms with E-state index in [0.29, 0.717) is 6.54 Å². The molecule has 0 bridgehead atoms. The number of halogens is 1.